The molecule has 2 aliphatic rings. The van der Waals surface area contributed by atoms with Crippen molar-refractivity contribution in [3.63, 3.8) is 0 Å². The molecule has 0 aliphatic heterocycles. The Morgan fingerprint density at radius 2 is 1.83 bits per heavy atom. The molecule has 2 heteroatoms. The molecule has 0 amide bonds. The second-order valence-corrected chi connectivity index (χ2v) is 4.46. The number of carbonyl (C=O) groups is 1. The minimum Gasteiger partial charge on any atom is -0.281 e. The number of carbonyl (C=O) groups excluding carboxylic acids is 1. The number of hydrogen-bond acceptors (Lipinski definition) is 1. The Labute approximate surface area is 77.8 Å². The van der Waals surface area contributed by atoms with Crippen LogP contribution in [0.3, 0.4) is 0 Å². The summed E-state index contributed by atoms with van der Waals surface area (Å²) >= 11 is 5.37. The van der Waals surface area contributed by atoms with Crippen molar-refractivity contribution in [3.8, 4) is 0 Å². The van der Waals surface area contributed by atoms with Crippen LogP contribution in [0.1, 0.15) is 25.7 Å². The molecule has 0 aromatic heterocycles. The lowest BCUT2D eigenvalue weighted by atomic mass is 9.79. The molecule has 2 bridgehead atoms. The van der Waals surface area contributed by atoms with Crippen molar-refractivity contribution >= 4 is 16.8 Å². The smallest absolute Gasteiger partial charge is 0.221 e. The fourth-order valence-electron chi connectivity index (χ4n) is 2.56. The van der Waals surface area contributed by atoms with Crippen molar-refractivity contribution in [1.29, 1.82) is 0 Å². The van der Waals surface area contributed by atoms with Crippen LogP contribution >= 0.6 is 11.6 Å². The second kappa shape index (κ2) is 3.21. The van der Waals surface area contributed by atoms with Gasteiger partial charge in [-0.15, -0.1) is 0 Å². The summed E-state index contributed by atoms with van der Waals surface area (Å²) in [6.45, 7) is 0. The van der Waals surface area contributed by atoms with Gasteiger partial charge in [0.1, 0.15) is 0 Å². The summed E-state index contributed by atoms with van der Waals surface area (Å²) in [5.74, 6) is 2.03. The summed E-state index contributed by atoms with van der Waals surface area (Å²) in [4.78, 5) is 10.7. The van der Waals surface area contributed by atoms with Gasteiger partial charge >= 0.3 is 0 Å². The largest absolute Gasteiger partial charge is 0.281 e. The third-order valence-electron chi connectivity index (χ3n) is 2.98. The average molecular weight is 185 g/mol. The normalized spacial score (nSPS) is 38.6. The van der Waals surface area contributed by atoms with Gasteiger partial charge in [-0.25, -0.2) is 0 Å². The fraction of sp³-hybridized carbons (Fsp3) is 0.700. The zero-order valence-electron chi connectivity index (χ0n) is 7.00. The van der Waals surface area contributed by atoms with E-state index >= 15 is 0 Å². The number of fused-ring (bicyclic) bond motifs is 2. The van der Waals surface area contributed by atoms with E-state index in [0.717, 1.165) is 11.8 Å². The molecule has 12 heavy (non-hydrogen) atoms. The van der Waals surface area contributed by atoms with Crippen LogP contribution in [0.4, 0.5) is 0 Å². The third kappa shape index (κ3) is 1.71. The highest BCUT2D eigenvalue weighted by molar-refractivity contribution is 6.63. The van der Waals surface area contributed by atoms with Crippen LogP contribution in [-0.2, 0) is 4.79 Å². The van der Waals surface area contributed by atoms with Gasteiger partial charge < -0.3 is 0 Å². The van der Waals surface area contributed by atoms with E-state index in [9.17, 15) is 4.79 Å². The fourth-order valence-corrected chi connectivity index (χ4v) is 2.77. The lowest BCUT2D eigenvalue weighted by molar-refractivity contribution is -0.112. The maximum Gasteiger partial charge on any atom is 0.221 e. The van der Waals surface area contributed by atoms with Crippen molar-refractivity contribution in [1.82, 2.24) is 0 Å². The molecule has 1 unspecified atom stereocenters. The molecule has 1 nitrogen and oxygen atoms in total. The van der Waals surface area contributed by atoms with Crippen LogP contribution in [0, 0.1) is 17.8 Å². The molecule has 66 valence electrons. The van der Waals surface area contributed by atoms with Crippen molar-refractivity contribution in [2.24, 2.45) is 17.8 Å². The van der Waals surface area contributed by atoms with Crippen LogP contribution in [0.2, 0.25) is 0 Å². The van der Waals surface area contributed by atoms with Gasteiger partial charge in [0.15, 0.2) is 0 Å². The third-order valence-corrected chi connectivity index (χ3v) is 3.14. The maximum absolute atomic E-state index is 10.7. The maximum atomic E-state index is 10.7. The zero-order chi connectivity index (χ0) is 8.55. The molecule has 0 spiro atoms. The Morgan fingerprint density at radius 1 is 1.25 bits per heavy atom. The predicted molar refractivity (Wildman–Crippen MR) is 48.9 cm³/mol. The summed E-state index contributed by atoms with van der Waals surface area (Å²) in [5.41, 5.74) is 0. The number of hydrogen-bond donors (Lipinski definition) is 0. The van der Waals surface area contributed by atoms with E-state index in [1.807, 2.05) is 0 Å². The predicted octanol–water partition coefficient (Wildman–Crippen LogP) is 2.74. The minimum absolute atomic E-state index is 0.165. The summed E-state index contributed by atoms with van der Waals surface area (Å²) in [6.07, 6.45) is 8.85. The average Bonchev–Trinajstić information content (AvgIpc) is 2.29. The molecule has 1 fully saturated rings. The molecule has 0 radical (unpaired) electrons. The van der Waals surface area contributed by atoms with Crippen molar-refractivity contribution in [2.45, 2.75) is 25.7 Å². The Morgan fingerprint density at radius 3 is 2.33 bits per heavy atom. The van der Waals surface area contributed by atoms with Gasteiger partial charge in [0.25, 0.3) is 0 Å². The molecular weight excluding hydrogens is 172 g/mol. The van der Waals surface area contributed by atoms with Crippen molar-refractivity contribution in [3.05, 3.63) is 12.2 Å². The lowest BCUT2D eigenvalue weighted by Crippen LogP contribution is -2.17. The first-order chi connectivity index (χ1) is 5.74. The monoisotopic (exact) mass is 184 g/mol. The van der Waals surface area contributed by atoms with Crippen molar-refractivity contribution in [2.75, 3.05) is 0 Å². The Kier molecular flexibility index (Phi) is 2.22. The molecule has 0 heterocycles. The van der Waals surface area contributed by atoms with Gasteiger partial charge in [-0.2, -0.15) is 0 Å². The summed E-state index contributed by atoms with van der Waals surface area (Å²) < 4.78 is 0. The lowest BCUT2D eigenvalue weighted by Gasteiger charge is -2.26. The van der Waals surface area contributed by atoms with Gasteiger partial charge in [-0.1, -0.05) is 12.2 Å². The molecule has 3 atom stereocenters. The van der Waals surface area contributed by atoms with Crippen LogP contribution in [-0.4, -0.2) is 5.24 Å². The topological polar surface area (TPSA) is 17.1 Å². The van der Waals surface area contributed by atoms with Crippen LogP contribution in [0.5, 0.6) is 0 Å². The number of rotatable bonds is 2. The van der Waals surface area contributed by atoms with Gasteiger partial charge in [-0.05, 0) is 48.6 Å². The standard InChI is InChI=1S/C10H13ClO/c11-10(12)6-9-4-7-1-2-8(3-7)5-9/h1-2,7-9H,3-6H2/t7-,8+,9?. The molecule has 2 aliphatic carbocycles. The van der Waals surface area contributed by atoms with Gasteiger partial charge in [0.2, 0.25) is 5.24 Å². The van der Waals surface area contributed by atoms with Gasteiger partial charge in [0, 0.05) is 6.42 Å². The molecule has 0 aromatic rings. The summed E-state index contributed by atoms with van der Waals surface area (Å²) in [6, 6.07) is 0. The Bertz CT molecular complexity index is 208. The Hall–Kier alpha value is -0.300. The second-order valence-electron chi connectivity index (χ2n) is 4.04. The van der Waals surface area contributed by atoms with E-state index < -0.39 is 0 Å². The zero-order valence-corrected chi connectivity index (χ0v) is 7.76. The number of halogens is 1. The highest BCUT2D eigenvalue weighted by atomic mass is 35.5. The van der Waals surface area contributed by atoms with E-state index in [1.54, 1.807) is 0 Å². The summed E-state index contributed by atoms with van der Waals surface area (Å²) in [7, 11) is 0. The Balaban J connectivity index is 1.92. The molecule has 0 saturated heterocycles. The van der Waals surface area contributed by atoms with Crippen LogP contribution in [0.25, 0.3) is 0 Å². The van der Waals surface area contributed by atoms with E-state index in [0.29, 0.717) is 12.3 Å². The quantitative estimate of drug-likeness (QED) is 0.477. The van der Waals surface area contributed by atoms with E-state index in [4.69, 9.17) is 11.6 Å². The van der Waals surface area contributed by atoms with Crippen LogP contribution in [0.15, 0.2) is 12.2 Å². The minimum atomic E-state index is -0.165. The molecule has 0 aromatic carbocycles. The van der Waals surface area contributed by atoms with E-state index in [1.165, 1.54) is 19.3 Å². The molecule has 2 rings (SSSR count). The first-order valence-electron chi connectivity index (χ1n) is 4.60. The van der Waals surface area contributed by atoms with E-state index in [-0.39, 0.29) is 5.24 Å². The van der Waals surface area contributed by atoms with Crippen molar-refractivity contribution < 1.29 is 4.79 Å². The summed E-state index contributed by atoms with van der Waals surface area (Å²) in [5, 5.41) is -0.165. The molecule has 1 saturated carbocycles. The molecule has 0 N–H and O–H groups in total. The first kappa shape index (κ1) is 8.31. The van der Waals surface area contributed by atoms with Gasteiger partial charge in [0.05, 0.1) is 0 Å². The van der Waals surface area contributed by atoms with E-state index in [2.05, 4.69) is 12.2 Å². The van der Waals surface area contributed by atoms with Crippen LogP contribution < -0.4 is 0 Å². The molecular formula is C10H13ClO. The number of allylic oxidation sites excluding steroid dienone is 2. The highest BCUT2D eigenvalue weighted by Crippen LogP contribution is 2.41. The highest BCUT2D eigenvalue weighted by Gasteiger charge is 2.30. The SMILES string of the molecule is O=C(Cl)CC1C[C@H]2C=C[C@@H](C1)C2. The van der Waals surface area contributed by atoms with Gasteiger partial charge in [-0.3, -0.25) is 4.79 Å². The first-order valence-corrected chi connectivity index (χ1v) is 4.98.